The molecule has 0 fully saturated rings. The standard InChI is InChI=1S/C23H18N8.C22H18N8.C2H6/c1-3-8-25-17(4-2)18-12-16-19(13-27-18)30-31-21(16)23-28-20-15(7-11-26-22(20)29-23)14-5-9-24-10-6-14;1-3-17-16(10-13(2)14-11-25-26-12-14)20(30-29-17)22-27-19-15(7-9-24-21(19)28-22)18-6-4-5-8-23-18;1-2/h3-13H,1H2,2H3,(H,30,31)(H,26,28,29);3-12,29H,2H2,1H3,(H,25,26)(H,24,27,28);1-2H3/b17-4-,25-8?;16-10+,17-3+;. The molecule has 0 aliphatic rings. The lowest BCUT2D eigenvalue weighted by atomic mass is 10.1. The van der Waals surface area contributed by atoms with Gasteiger partial charge in [0.05, 0.1) is 51.4 Å². The molecule has 63 heavy (non-hydrogen) atoms. The highest BCUT2D eigenvalue weighted by atomic mass is 15.2. The van der Waals surface area contributed by atoms with Crippen molar-refractivity contribution in [1.82, 2.24) is 75.4 Å². The summed E-state index contributed by atoms with van der Waals surface area (Å²) >= 11 is 0. The first-order chi connectivity index (χ1) is 31.0. The predicted octanol–water partition coefficient (Wildman–Crippen LogP) is 8.03. The van der Waals surface area contributed by atoms with E-state index in [1.807, 2.05) is 94.5 Å². The molecule has 10 heterocycles. The van der Waals surface area contributed by atoms with Gasteiger partial charge in [-0.2, -0.15) is 15.3 Å². The highest BCUT2D eigenvalue weighted by Crippen LogP contribution is 2.31. The van der Waals surface area contributed by atoms with Crippen LogP contribution in [0.3, 0.4) is 0 Å². The maximum Gasteiger partial charge on any atom is 0.178 e. The molecule has 16 heteroatoms. The van der Waals surface area contributed by atoms with Crippen LogP contribution >= 0.6 is 0 Å². The predicted molar refractivity (Wildman–Crippen MR) is 250 cm³/mol. The zero-order chi connectivity index (χ0) is 43.7. The van der Waals surface area contributed by atoms with E-state index in [0.717, 1.165) is 77.4 Å². The molecule has 0 aliphatic carbocycles. The number of hydrogen-bond donors (Lipinski definition) is 5. The first-order valence-electron chi connectivity index (χ1n) is 20.1. The zero-order valence-corrected chi connectivity index (χ0v) is 35.0. The number of rotatable bonds is 9. The van der Waals surface area contributed by atoms with Gasteiger partial charge in [0, 0.05) is 70.7 Å². The van der Waals surface area contributed by atoms with Gasteiger partial charge in [-0.1, -0.05) is 51.3 Å². The number of H-pyrrole nitrogens is 5. The lowest BCUT2D eigenvalue weighted by Crippen LogP contribution is -2.23. The molecule has 0 bridgehead atoms. The van der Waals surface area contributed by atoms with Gasteiger partial charge in [0.15, 0.2) is 22.9 Å². The fraction of sp³-hybridized carbons (Fsp3) is 0.0851. The number of nitrogens with zero attached hydrogens (tertiary/aromatic N) is 11. The van der Waals surface area contributed by atoms with E-state index in [0.29, 0.717) is 34.3 Å². The van der Waals surface area contributed by atoms with Crippen molar-refractivity contribution in [3.05, 3.63) is 145 Å². The minimum absolute atomic E-state index is 0.609. The highest BCUT2D eigenvalue weighted by Gasteiger charge is 2.18. The molecule has 0 aromatic carbocycles. The van der Waals surface area contributed by atoms with Crippen LogP contribution in [0.25, 0.3) is 102 Å². The fourth-order valence-corrected chi connectivity index (χ4v) is 6.81. The third-order valence-corrected chi connectivity index (χ3v) is 9.78. The number of nitrogens with one attached hydrogen (secondary N) is 5. The van der Waals surface area contributed by atoms with Crippen LogP contribution in [0.5, 0.6) is 0 Å². The van der Waals surface area contributed by atoms with Gasteiger partial charge >= 0.3 is 0 Å². The molecule has 0 saturated heterocycles. The Kier molecular flexibility index (Phi) is 12.1. The Labute approximate surface area is 360 Å². The smallest absolute Gasteiger partial charge is 0.178 e. The third kappa shape index (κ3) is 8.36. The van der Waals surface area contributed by atoms with E-state index in [9.17, 15) is 0 Å². The quantitative estimate of drug-likeness (QED) is 0.0882. The second kappa shape index (κ2) is 18.6. The molecule has 10 aromatic rings. The van der Waals surface area contributed by atoms with Crippen molar-refractivity contribution in [3.63, 3.8) is 0 Å². The molecule has 0 aliphatic heterocycles. The molecule has 0 saturated carbocycles. The van der Waals surface area contributed by atoms with Crippen LogP contribution in [0.15, 0.2) is 128 Å². The van der Waals surface area contributed by atoms with E-state index in [2.05, 4.69) is 88.6 Å². The van der Waals surface area contributed by atoms with Crippen LogP contribution in [0.4, 0.5) is 0 Å². The summed E-state index contributed by atoms with van der Waals surface area (Å²) in [5.41, 5.74) is 12.1. The average Bonchev–Trinajstić information content (AvgIpc) is 4.20. The summed E-state index contributed by atoms with van der Waals surface area (Å²) in [5, 5.41) is 24.5. The molecule has 5 N–H and O–H groups in total. The summed E-state index contributed by atoms with van der Waals surface area (Å²) in [6.45, 7) is 15.7. The summed E-state index contributed by atoms with van der Waals surface area (Å²) in [7, 11) is 0. The molecule has 16 nitrogen and oxygen atoms in total. The van der Waals surface area contributed by atoms with Crippen LogP contribution < -0.4 is 10.6 Å². The van der Waals surface area contributed by atoms with Crippen molar-refractivity contribution in [3.8, 4) is 45.4 Å². The van der Waals surface area contributed by atoms with Crippen LogP contribution in [0, 0.1) is 0 Å². The summed E-state index contributed by atoms with van der Waals surface area (Å²) in [4.78, 5) is 42.4. The summed E-state index contributed by atoms with van der Waals surface area (Å²) in [6, 6.07) is 15.6. The number of aliphatic imine (C=N–C) groups is 1. The number of imidazole rings is 2. The zero-order valence-electron chi connectivity index (χ0n) is 35.0. The number of allylic oxidation sites excluding steroid dienone is 3. The number of aromatic amines is 5. The lowest BCUT2D eigenvalue weighted by molar-refractivity contribution is 1.05. The van der Waals surface area contributed by atoms with Gasteiger partial charge in [0.25, 0.3) is 0 Å². The molecule has 0 amide bonds. The van der Waals surface area contributed by atoms with Crippen LogP contribution in [-0.4, -0.2) is 81.7 Å². The van der Waals surface area contributed by atoms with E-state index >= 15 is 0 Å². The van der Waals surface area contributed by atoms with Gasteiger partial charge in [-0.25, -0.2) is 19.9 Å². The fourth-order valence-electron chi connectivity index (χ4n) is 6.81. The number of aromatic nitrogens is 15. The van der Waals surface area contributed by atoms with Gasteiger partial charge in [0.2, 0.25) is 0 Å². The van der Waals surface area contributed by atoms with Crippen LogP contribution in [0.2, 0.25) is 0 Å². The minimum atomic E-state index is 0.609. The molecule has 0 unspecified atom stereocenters. The molecule has 0 atom stereocenters. The van der Waals surface area contributed by atoms with E-state index in [1.54, 1.807) is 61.9 Å². The van der Waals surface area contributed by atoms with Crippen molar-refractivity contribution in [1.29, 1.82) is 0 Å². The Morgan fingerprint density at radius 1 is 0.762 bits per heavy atom. The summed E-state index contributed by atoms with van der Waals surface area (Å²) < 4.78 is 0. The van der Waals surface area contributed by atoms with Crippen molar-refractivity contribution < 1.29 is 0 Å². The van der Waals surface area contributed by atoms with Crippen molar-refractivity contribution in [2.45, 2.75) is 27.7 Å². The second-order valence-electron chi connectivity index (χ2n) is 13.5. The molecular weight excluding hydrogens is 789 g/mol. The molecular formula is C47H42N16. The van der Waals surface area contributed by atoms with Gasteiger partial charge < -0.3 is 9.97 Å². The normalized spacial score (nSPS) is 12.2. The van der Waals surface area contributed by atoms with Crippen molar-refractivity contribution in [2.24, 2.45) is 4.99 Å². The van der Waals surface area contributed by atoms with Gasteiger partial charge in [-0.3, -0.25) is 35.2 Å². The second-order valence-corrected chi connectivity index (χ2v) is 13.5. The van der Waals surface area contributed by atoms with Gasteiger partial charge in [-0.05, 0) is 73.5 Å². The van der Waals surface area contributed by atoms with Crippen molar-refractivity contribution in [2.75, 3.05) is 0 Å². The summed E-state index contributed by atoms with van der Waals surface area (Å²) in [5.74, 6) is 1.25. The Balaban J connectivity index is 0.000000166. The summed E-state index contributed by atoms with van der Waals surface area (Å²) in [6.07, 6.45) is 23.2. The van der Waals surface area contributed by atoms with Crippen LogP contribution in [-0.2, 0) is 0 Å². The van der Waals surface area contributed by atoms with E-state index < -0.39 is 0 Å². The number of hydrogen-bond acceptors (Lipinski definition) is 11. The molecule has 310 valence electrons. The number of fused-ring (bicyclic) bond motifs is 3. The van der Waals surface area contributed by atoms with E-state index in [1.165, 1.54) is 0 Å². The highest BCUT2D eigenvalue weighted by molar-refractivity contribution is 5.97. The average molecular weight is 831 g/mol. The Morgan fingerprint density at radius 2 is 1.49 bits per heavy atom. The Morgan fingerprint density at radius 3 is 2.17 bits per heavy atom. The molecule has 0 radical (unpaired) electrons. The molecule has 10 rings (SSSR count). The van der Waals surface area contributed by atoms with Gasteiger partial charge in [-0.15, -0.1) is 0 Å². The third-order valence-electron chi connectivity index (χ3n) is 9.78. The minimum Gasteiger partial charge on any atom is -0.335 e. The largest absolute Gasteiger partial charge is 0.335 e. The maximum absolute atomic E-state index is 4.69. The number of pyridine rings is 5. The van der Waals surface area contributed by atoms with E-state index in [-0.39, 0.29) is 0 Å². The van der Waals surface area contributed by atoms with Crippen molar-refractivity contribution >= 4 is 62.9 Å². The lowest BCUT2D eigenvalue weighted by Gasteiger charge is -2.01. The first-order valence-corrected chi connectivity index (χ1v) is 20.1. The SMILES string of the molecule is C=C(/C=c1/c(-c2nc3nccc(-c4ccccn4)c3[nH]2)n[nH]/c1=C/C)c1cn[nH]c1.C=CC=N/C(=C\C)c1cc2c(-c3nc4nccc(-c5ccncc5)c4[nH]3)n[nH]c2cn1.CC. The maximum atomic E-state index is 4.69. The topological polar surface area (TPSA) is 220 Å². The Hall–Kier alpha value is -8.79. The van der Waals surface area contributed by atoms with Gasteiger partial charge in [0.1, 0.15) is 11.4 Å². The molecule has 0 spiro atoms. The monoisotopic (exact) mass is 830 g/mol. The molecule has 10 aromatic heterocycles. The first kappa shape index (κ1) is 41.0. The Bertz CT molecular complexity index is 3370. The van der Waals surface area contributed by atoms with E-state index in [4.69, 9.17) is 4.98 Å². The van der Waals surface area contributed by atoms with Crippen LogP contribution in [0.1, 0.15) is 39.0 Å².